The zero-order valence-corrected chi connectivity index (χ0v) is 11.1. The summed E-state index contributed by atoms with van der Waals surface area (Å²) in [5.41, 5.74) is 4.29. The highest BCUT2D eigenvalue weighted by Gasteiger charge is 2.06. The molecule has 0 radical (unpaired) electrons. The lowest BCUT2D eigenvalue weighted by atomic mass is 10.2. The van der Waals surface area contributed by atoms with Crippen LogP contribution in [-0.2, 0) is 6.54 Å². The number of rotatable bonds is 3. The van der Waals surface area contributed by atoms with Crippen LogP contribution in [-0.4, -0.2) is 22.0 Å². The predicted octanol–water partition coefficient (Wildman–Crippen LogP) is 2.71. The number of H-pyrrole nitrogens is 1. The van der Waals surface area contributed by atoms with Gasteiger partial charge in [0.05, 0.1) is 16.7 Å². The molecule has 5 heteroatoms. The summed E-state index contributed by atoms with van der Waals surface area (Å²) in [5, 5.41) is 6.25. The van der Waals surface area contributed by atoms with Crippen molar-refractivity contribution < 1.29 is 0 Å². The van der Waals surface area contributed by atoms with E-state index < -0.39 is 0 Å². The Morgan fingerprint density at radius 1 is 1.33 bits per heavy atom. The van der Waals surface area contributed by atoms with Crippen LogP contribution < -0.4 is 5.32 Å². The molecule has 3 aromatic rings. The van der Waals surface area contributed by atoms with Crippen LogP contribution in [0.1, 0.15) is 11.5 Å². The number of hydrogen-bond donors (Lipinski definition) is 2. The molecule has 3 rings (SSSR count). The molecule has 1 aromatic carbocycles. The van der Waals surface area contributed by atoms with Crippen molar-refractivity contribution in [3.63, 3.8) is 0 Å². The average molecular weight is 258 g/mol. The molecule has 0 aliphatic heterocycles. The third kappa shape index (κ3) is 2.02. The molecule has 18 heavy (non-hydrogen) atoms. The van der Waals surface area contributed by atoms with Crippen LogP contribution in [0.4, 0.5) is 0 Å². The Morgan fingerprint density at radius 2 is 2.22 bits per heavy atom. The minimum Gasteiger partial charge on any atom is -0.342 e. The van der Waals surface area contributed by atoms with Crippen molar-refractivity contribution >= 4 is 22.4 Å². The van der Waals surface area contributed by atoms with E-state index in [4.69, 9.17) is 0 Å². The van der Waals surface area contributed by atoms with E-state index in [1.54, 1.807) is 11.3 Å². The van der Waals surface area contributed by atoms with Crippen LogP contribution in [0.2, 0.25) is 0 Å². The summed E-state index contributed by atoms with van der Waals surface area (Å²) in [6, 6.07) is 6.22. The number of nitrogens with zero attached hydrogens (tertiary/aromatic N) is 2. The monoisotopic (exact) mass is 258 g/mol. The minimum absolute atomic E-state index is 0.807. The SMILES string of the molecule is CNCc1csc(-c2ccc3nc(C)[nH]c3c2)n1. The van der Waals surface area contributed by atoms with Crippen LogP contribution in [0.3, 0.4) is 0 Å². The molecule has 0 spiro atoms. The van der Waals surface area contributed by atoms with Gasteiger partial charge in [0.15, 0.2) is 0 Å². The van der Waals surface area contributed by atoms with Crippen LogP contribution >= 0.6 is 11.3 Å². The van der Waals surface area contributed by atoms with Crippen molar-refractivity contribution in [1.82, 2.24) is 20.3 Å². The van der Waals surface area contributed by atoms with E-state index in [1.807, 2.05) is 20.0 Å². The smallest absolute Gasteiger partial charge is 0.123 e. The van der Waals surface area contributed by atoms with Crippen molar-refractivity contribution in [2.24, 2.45) is 0 Å². The van der Waals surface area contributed by atoms with Gasteiger partial charge in [-0.15, -0.1) is 11.3 Å². The maximum absolute atomic E-state index is 4.61. The third-order valence-electron chi connectivity index (χ3n) is 2.76. The maximum Gasteiger partial charge on any atom is 0.123 e. The van der Waals surface area contributed by atoms with E-state index >= 15 is 0 Å². The lowest BCUT2D eigenvalue weighted by Crippen LogP contribution is -2.04. The van der Waals surface area contributed by atoms with Crippen LogP contribution in [0, 0.1) is 6.92 Å². The van der Waals surface area contributed by atoms with Crippen LogP contribution in [0.15, 0.2) is 23.6 Å². The van der Waals surface area contributed by atoms with Crippen LogP contribution in [0.5, 0.6) is 0 Å². The lowest BCUT2D eigenvalue weighted by molar-refractivity contribution is 0.798. The van der Waals surface area contributed by atoms with Gasteiger partial charge in [-0.05, 0) is 32.2 Å². The molecule has 2 aromatic heterocycles. The number of imidazole rings is 1. The molecule has 0 aliphatic rings. The van der Waals surface area contributed by atoms with Gasteiger partial charge in [0.25, 0.3) is 0 Å². The maximum atomic E-state index is 4.61. The van der Waals surface area contributed by atoms with E-state index in [2.05, 4.69) is 37.8 Å². The van der Waals surface area contributed by atoms with Gasteiger partial charge in [-0.25, -0.2) is 9.97 Å². The molecule has 0 saturated carbocycles. The van der Waals surface area contributed by atoms with Crippen molar-refractivity contribution in [3.05, 3.63) is 35.1 Å². The fourth-order valence-electron chi connectivity index (χ4n) is 1.97. The quantitative estimate of drug-likeness (QED) is 0.759. The number of fused-ring (bicyclic) bond motifs is 1. The zero-order chi connectivity index (χ0) is 12.5. The molecule has 0 unspecified atom stereocenters. The van der Waals surface area contributed by atoms with Gasteiger partial charge in [0.1, 0.15) is 10.8 Å². The molecule has 0 aliphatic carbocycles. The number of aryl methyl sites for hydroxylation is 1. The van der Waals surface area contributed by atoms with E-state index in [9.17, 15) is 0 Å². The third-order valence-corrected chi connectivity index (χ3v) is 3.70. The van der Waals surface area contributed by atoms with Crippen molar-refractivity contribution in [2.45, 2.75) is 13.5 Å². The van der Waals surface area contributed by atoms with Gasteiger partial charge in [-0.1, -0.05) is 0 Å². The summed E-state index contributed by atoms with van der Waals surface area (Å²) in [7, 11) is 1.93. The average Bonchev–Trinajstić information content (AvgIpc) is 2.93. The normalized spacial score (nSPS) is 11.2. The fourth-order valence-corrected chi connectivity index (χ4v) is 2.79. The second-order valence-corrected chi connectivity index (χ2v) is 5.09. The van der Waals surface area contributed by atoms with Crippen molar-refractivity contribution in [3.8, 4) is 10.6 Å². The van der Waals surface area contributed by atoms with E-state index in [1.165, 1.54) is 0 Å². The number of aromatic nitrogens is 3. The molecule has 92 valence electrons. The Balaban J connectivity index is 2.01. The van der Waals surface area contributed by atoms with Gasteiger partial charge in [-0.2, -0.15) is 0 Å². The molecule has 0 fully saturated rings. The Morgan fingerprint density at radius 3 is 3.06 bits per heavy atom. The topological polar surface area (TPSA) is 53.6 Å². The highest BCUT2D eigenvalue weighted by molar-refractivity contribution is 7.13. The number of aromatic amines is 1. The Bertz CT molecular complexity index is 683. The van der Waals surface area contributed by atoms with Gasteiger partial charge in [0.2, 0.25) is 0 Å². The summed E-state index contributed by atoms with van der Waals surface area (Å²) >= 11 is 1.67. The lowest BCUT2D eigenvalue weighted by Gasteiger charge is -1.96. The summed E-state index contributed by atoms with van der Waals surface area (Å²) in [4.78, 5) is 12.3. The van der Waals surface area contributed by atoms with E-state index in [0.717, 1.165) is 39.7 Å². The number of hydrogen-bond acceptors (Lipinski definition) is 4. The van der Waals surface area contributed by atoms with E-state index in [-0.39, 0.29) is 0 Å². The first-order valence-electron chi connectivity index (χ1n) is 5.82. The molecule has 0 atom stereocenters. The fraction of sp³-hybridized carbons (Fsp3) is 0.231. The second-order valence-electron chi connectivity index (χ2n) is 4.23. The first-order chi connectivity index (χ1) is 8.76. The van der Waals surface area contributed by atoms with Gasteiger partial charge in [0, 0.05) is 17.5 Å². The number of nitrogens with one attached hydrogen (secondary N) is 2. The molecule has 2 N–H and O–H groups in total. The van der Waals surface area contributed by atoms with Crippen molar-refractivity contribution in [2.75, 3.05) is 7.05 Å². The Kier molecular flexibility index (Phi) is 2.85. The van der Waals surface area contributed by atoms with Gasteiger partial charge < -0.3 is 10.3 Å². The molecule has 4 nitrogen and oxygen atoms in total. The molecule has 0 amide bonds. The standard InChI is InChI=1S/C13H14N4S/c1-8-15-11-4-3-9(5-12(11)16-8)13-17-10(6-14-2)7-18-13/h3-5,7,14H,6H2,1-2H3,(H,15,16). The summed E-state index contributed by atoms with van der Waals surface area (Å²) in [6.45, 7) is 2.77. The highest BCUT2D eigenvalue weighted by Crippen LogP contribution is 2.26. The summed E-state index contributed by atoms with van der Waals surface area (Å²) in [5.74, 6) is 0.942. The Labute approximate surface area is 109 Å². The Hall–Kier alpha value is -1.72. The van der Waals surface area contributed by atoms with E-state index in [0.29, 0.717) is 0 Å². The molecule has 0 saturated heterocycles. The number of benzene rings is 1. The zero-order valence-electron chi connectivity index (χ0n) is 10.3. The molecule has 2 heterocycles. The summed E-state index contributed by atoms with van der Waals surface area (Å²) < 4.78 is 0. The first-order valence-corrected chi connectivity index (χ1v) is 6.70. The highest BCUT2D eigenvalue weighted by atomic mass is 32.1. The summed E-state index contributed by atoms with van der Waals surface area (Å²) in [6.07, 6.45) is 0. The number of thiazole rings is 1. The van der Waals surface area contributed by atoms with Gasteiger partial charge >= 0.3 is 0 Å². The van der Waals surface area contributed by atoms with Crippen LogP contribution in [0.25, 0.3) is 21.6 Å². The molecular formula is C13H14N4S. The predicted molar refractivity (Wildman–Crippen MR) is 74.7 cm³/mol. The molecular weight excluding hydrogens is 244 g/mol. The minimum atomic E-state index is 0.807. The second kappa shape index (κ2) is 4.51. The first kappa shape index (κ1) is 11.4. The largest absolute Gasteiger partial charge is 0.342 e. The molecule has 0 bridgehead atoms. The van der Waals surface area contributed by atoms with Crippen molar-refractivity contribution in [1.29, 1.82) is 0 Å². The van der Waals surface area contributed by atoms with Gasteiger partial charge in [-0.3, -0.25) is 0 Å².